The van der Waals surface area contributed by atoms with Crippen molar-refractivity contribution in [3.63, 3.8) is 0 Å². The molecule has 1 atom stereocenters. The van der Waals surface area contributed by atoms with Gasteiger partial charge < -0.3 is 15.6 Å². The largest absolute Gasteiger partial charge is 0.363 e. The highest BCUT2D eigenvalue weighted by Crippen LogP contribution is 2.26. The minimum atomic E-state index is 0.121. The van der Waals surface area contributed by atoms with Gasteiger partial charge in [0, 0.05) is 24.5 Å². The fourth-order valence-corrected chi connectivity index (χ4v) is 2.95. The summed E-state index contributed by atoms with van der Waals surface area (Å²) in [6.07, 6.45) is 5.60. The molecule has 0 spiro atoms. The quantitative estimate of drug-likeness (QED) is 0.465. The first-order valence-electron chi connectivity index (χ1n) is 9.08. The van der Waals surface area contributed by atoms with E-state index in [9.17, 15) is 0 Å². The van der Waals surface area contributed by atoms with Crippen LogP contribution in [0.25, 0.3) is 11.0 Å². The van der Waals surface area contributed by atoms with Crippen LogP contribution < -0.4 is 10.6 Å². The summed E-state index contributed by atoms with van der Waals surface area (Å²) in [6.45, 7) is 6.30. The number of nitrogens with zero attached hydrogens (tertiary/aromatic N) is 4. The summed E-state index contributed by atoms with van der Waals surface area (Å²) >= 11 is 0. The van der Waals surface area contributed by atoms with Crippen molar-refractivity contribution < 1.29 is 0 Å². The van der Waals surface area contributed by atoms with E-state index in [-0.39, 0.29) is 6.04 Å². The second-order valence-corrected chi connectivity index (χ2v) is 6.84. The molecule has 1 unspecified atom stereocenters. The molecule has 0 bridgehead atoms. The maximum Gasteiger partial charge on any atom is 0.231 e. The van der Waals surface area contributed by atoms with Gasteiger partial charge in [0.2, 0.25) is 5.95 Å². The minimum Gasteiger partial charge on any atom is -0.363 e. The normalized spacial score (nSPS) is 12.4. The van der Waals surface area contributed by atoms with Crippen molar-refractivity contribution >= 4 is 28.5 Å². The zero-order valence-corrected chi connectivity index (χ0v) is 15.6. The van der Waals surface area contributed by atoms with E-state index in [1.54, 1.807) is 6.20 Å². The molecule has 4 aromatic rings. The van der Waals surface area contributed by atoms with E-state index in [1.807, 2.05) is 41.3 Å². The van der Waals surface area contributed by atoms with Crippen molar-refractivity contribution in [2.75, 3.05) is 10.6 Å². The number of aromatic amines is 1. The molecule has 0 amide bonds. The second kappa shape index (κ2) is 7.11. The fraction of sp³-hybridized carbons (Fsp3) is 0.250. The molecule has 0 fully saturated rings. The van der Waals surface area contributed by atoms with Gasteiger partial charge in [0.05, 0.1) is 17.3 Å². The van der Waals surface area contributed by atoms with Crippen molar-refractivity contribution in [1.29, 1.82) is 0 Å². The van der Waals surface area contributed by atoms with E-state index >= 15 is 0 Å². The van der Waals surface area contributed by atoms with Crippen LogP contribution >= 0.6 is 0 Å². The van der Waals surface area contributed by atoms with E-state index in [4.69, 9.17) is 4.98 Å². The summed E-state index contributed by atoms with van der Waals surface area (Å²) in [5.41, 5.74) is 2.84. The Bertz CT molecular complexity index is 1030. The van der Waals surface area contributed by atoms with Gasteiger partial charge in [-0.15, -0.1) is 0 Å². The third-order valence-corrected chi connectivity index (χ3v) is 4.46. The van der Waals surface area contributed by atoms with Crippen LogP contribution in [0.15, 0.2) is 55.0 Å². The van der Waals surface area contributed by atoms with Gasteiger partial charge in [-0.3, -0.25) is 4.68 Å². The molecule has 4 rings (SSSR count). The summed E-state index contributed by atoms with van der Waals surface area (Å²) < 4.78 is 1.89. The lowest BCUT2D eigenvalue weighted by Gasteiger charge is -2.16. The molecule has 3 N–H and O–H groups in total. The van der Waals surface area contributed by atoms with Gasteiger partial charge in [-0.25, -0.2) is 0 Å². The van der Waals surface area contributed by atoms with Crippen LogP contribution in [-0.2, 0) is 0 Å². The molecule has 0 saturated heterocycles. The van der Waals surface area contributed by atoms with E-state index in [0.29, 0.717) is 12.0 Å². The summed E-state index contributed by atoms with van der Waals surface area (Å²) in [5, 5.41) is 12.1. The standard InChI is InChI=1S/C20H23N7/c1-13(2)27-12-16(11-22-27)24-20-25-18-17(9-10-21-18)19(26-20)23-14(3)15-7-5-4-6-8-15/h4-14H,1-3H3,(H3,21,23,24,25,26). The Labute approximate surface area is 157 Å². The van der Waals surface area contributed by atoms with Gasteiger partial charge in [0.25, 0.3) is 0 Å². The van der Waals surface area contributed by atoms with Crippen molar-refractivity contribution in [2.24, 2.45) is 0 Å². The van der Waals surface area contributed by atoms with Crippen molar-refractivity contribution in [2.45, 2.75) is 32.9 Å². The molecule has 3 heterocycles. The van der Waals surface area contributed by atoms with Crippen molar-refractivity contribution in [3.05, 3.63) is 60.6 Å². The van der Waals surface area contributed by atoms with E-state index in [1.165, 1.54) is 5.56 Å². The number of rotatable bonds is 6. The van der Waals surface area contributed by atoms with E-state index < -0.39 is 0 Å². The van der Waals surface area contributed by atoms with Crippen LogP contribution in [0.5, 0.6) is 0 Å². The molecule has 7 heteroatoms. The molecule has 0 saturated carbocycles. The summed E-state index contributed by atoms with van der Waals surface area (Å²) in [5.74, 6) is 1.31. The molecule has 0 aliphatic carbocycles. The maximum atomic E-state index is 4.70. The lowest BCUT2D eigenvalue weighted by molar-refractivity contribution is 0.532. The topological polar surface area (TPSA) is 83.4 Å². The molecule has 0 radical (unpaired) electrons. The SMILES string of the molecule is CC(Nc1nc(Nc2cnn(C(C)C)c2)nc2[nH]ccc12)c1ccccc1. The first kappa shape index (κ1) is 17.1. The molecule has 27 heavy (non-hydrogen) atoms. The maximum absolute atomic E-state index is 4.70. The highest BCUT2D eigenvalue weighted by atomic mass is 15.3. The molecule has 1 aromatic carbocycles. The smallest absolute Gasteiger partial charge is 0.231 e. The summed E-state index contributed by atoms with van der Waals surface area (Å²) in [7, 11) is 0. The van der Waals surface area contributed by atoms with Gasteiger partial charge in [-0.2, -0.15) is 15.1 Å². The fourth-order valence-electron chi connectivity index (χ4n) is 2.95. The van der Waals surface area contributed by atoms with Crippen LogP contribution in [0.2, 0.25) is 0 Å². The van der Waals surface area contributed by atoms with Crippen LogP contribution in [-0.4, -0.2) is 24.7 Å². The predicted octanol–water partition coefficient (Wildman–Crippen LogP) is 4.65. The van der Waals surface area contributed by atoms with Crippen LogP contribution in [0.3, 0.4) is 0 Å². The van der Waals surface area contributed by atoms with Crippen LogP contribution in [0.1, 0.15) is 38.4 Å². The lowest BCUT2D eigenvalue weighted by Crippen LogP contribution is -2.09. The minimum absolute atomic E-state index is 0.121. The highest BCUT2D eigenvalue weighted by Gasteiger charge is 2.13. The van der Waals surface area contributed by atoms with E-state index in [0.717, 1.165) is 22.5 Å². The Balaban J connectivity index is 1.63. The number of hydrogen-bond acceptors (Lipinski definition) is 5. The Hall–Kier alpha value is -3.35. The zero-order chi connectivity index (χ0) is 18.8. The third kappa shape index (κ3) is 3.62. The van der Waals surface area contributed by atoms with E-state index in [2.05, 4.69) is 58.6 Å². The van der Waals surface area contributed by atoms with Crippen molar-refractivity contribution in [1.82, 2.24) is 24.7 Å². The zero-order valence-electron chi connectivity index (χ0n) is 15.6. The highest BCUT2D eigenvalue weighted by molar-refractivity contribution is 5.88. The Morgan fingerprint density at radius 2 is 1.85 bits per heavy atom. The molecular formula is C20H23N7. The Kier molecular flexibility index (Phi) is 4.50. The van der Waals surface area contributed by atoms with Gasteiger partial charge >= 0.3 is 0 Å². The summed E-state index contributed by atoms with van der Waals surface area (Å²) in [4.78, 5) is 12.4. The van der Waals surface area contributed by atoms with Gasteiger partial charge in [0.1, 0.15) is 11.5 Å². The number of benzene rings is 1. The Morgan fingerprint density at radius 1 is 1.04 bits per heavy atom. The van der Waals surface area contributed by atoms with Crippen molar-refractivity contribution in [3.8, 4) is 0 Å². The average Bonchev–Trinajstić information content (AvgIpc) is 3.32. The summed E-state index contributed by atoms with van der Waals surface area (Å²) in [6, 6.07) is 12.7. The second-order valence-electron chi connectivity index (χ2n) is 6.84. The molecule has 3 aromatic heterocycles. The number of hydrogen-bond donors (Lipinski definition) is 3. The first-order valence-corrected chi connectivity index (χ1v) is 9.08. The monoisotopic (exact) mass is 361 g/mol. The average molecular weight is 361 g/mol. The molecule has 0 aliphatic heterocycles. The molecule has 0 aliphatic rings. The number of anilines is 3. The molecule has 7 nitrogen and oxygen atoms in total. The van der Waals surface area contributed by atoms with Gasteiger partial charge in [-0.1, -0.05) is 30.3 Å². The molecule has 138 valence electrons. The number of fused-ring (bicyclic) bond motifs is 1. The van der Waals surface area contributed by atoms with Crippen LogP contribution in [0.4, 0.5) is 17.5 Å². The first-order chi connectivity index (χ1) is 13.1. The Morgan fingerprint density at radius 3 is 2.59 bits per heavy atom. The predicted molar refractivity (Wildman–Crippen MR) is 108 cm³/mol. The number of nitrogens with one attached hydrogen (secondary N) is 3. The van der Waals surface area contributed by atoms with Gasteiger partial charge in [-0.05, 0) is 32.4 Å². The number of H-pyrrole nitrogens is 1. The van der Waals surface area contributed by atoms with Gasteiger partial charge in [0.15, 0.2) is 0 Å². The van der Waals surface area contributed by atoms with Crippen LogP contribution in [0, 0.1) is 0 Å². The lowest BCUT2D eigenvalue weighted by atomic mass is 10.1. The molecular weight excluding hydrogens is 338 g/mol. The number of aromatic nitrogens is 5. The third-order valence-electron chi connectivity index (χ3n) is 4.46.